The maximum Gasteiger partial charge on any atom is 0.241 e. The van der Waals surface area contributed by atoms with Crippen molar-refractivity contribution in [2.24, 2.45) is 0 Å². The quantitative estimate of drug-likeness (QED) is 0.762. The van der Waals surface area contributed by atoms with Gasteiger partial charge in [-0.2, -0.15) is 0 Å². The molecule has 0 unspecified atom stereocenters. The fourth-order valence-corrected chi connectivity index (χ4v) is 4.05. The van der Waals surface area contributed by atoms with Crippen molar-refractivity contribution in [2.45, 2.75) is 18.2 Å². The molecule has 7 heteroatoms. The van der Waals surface area contributed by atoms with Crippen LogP contribution < -0.4 is 4.72 Å². The summed E-state index contributed by atoms with van der Waals surface area (Å²) in [6, 6.07) is 3.30. The Morgan fingerprint density at radius 1 is 1.29 bits per heavy atom. The van der Waals surface area contributed by atoms with Gasteiger partial charge in [-0.05, 0) is 47.0 Å². The van der Waals surface area contributed by atoms with Gasteiger partial charge in [-0.15, -0.1) is 0 Å². The van der Waals surface area contributed by atoms with Crippen LogP contribution in [0.4, 0.5) is 0 Å². The summed E-state index contributed by atoms with van der Waals surface area (Å²) in [7, 11) is -3.53. The second kappa shape index (κ2) is 6.29. The summed E-state index contributed by atoms with van der Waals surface area (Å²) in [5.74, 6) is 0. The molecule has 96 valence electrons. The number of sulfonamides is 1. The van der Waals surface area contributed by atoms with Gasteiger partial charge in [0.25, 0.3) is 0 Å². The van der Waals surface area contributed by atoms with E-state index in [0.29, 0.717) is 10.9 Å². The number of hydrogen-bond acceptors (Lipinski definition) is 3. The predicted octanol–water partition coefficient (Wildman–Crippen LogP) is 2.18. The fraction of sp³-hybridized carbons (Fsp3) is 0.400. The molecule has 0 saturated carbocycles. The van der Waals surface area contributed by atoms with Crippen molar-refractivity contribution < 1.29 is 13.5 Å². The minimum Gasteiger partial charge on any atom is -0.396 e. The molecule has 0 aromatic heterocycles. The lowest BCUT2D eigenvalue weighted by Crippen LogP contribution is -2.25. The monoisotopic (exact) mass is 385 g/mol. The molecule has 2 N–H and O–H groups in total. The van der Waals surface area contributed by atoms with Crippen molar-refractivity contribution >= 4 is 41.9 Å². The maximum atomic E-state index is 12.0. The molecule has 0 amide bonds. The first-order valence-corrected chi connectivity index (χ1v) is 8.01. The molecule has 0 fully saturated rings. The molecule has 0 atom stereocenters. The van der Waals surface area contributed by atoms with Gasteiger partial charge in [-0.1, -0.05) is 15.9 Å². The minimum absolute atomic E-state index is 0.0386. The highest BCUT2D eigenvalue weighted by molar-refractivity contribution is 9.11. The predicted molar refractivity (Wildman–Crippen MR) is 73.5 cm³/mol. The lowest BCUT2D eigenvalue weighted by atomic mass is 10.2. The molecule has 0 aliphatic carbocycles. The molecule has 1 aromatic rings. The van der Waals surface area contributed by atoms with E-state index in [1.165, 1.54) is 0 Å². The Morgan fingerprint density at radius 3 is 2.53 bits per heavy atom. The van der Waals surface area contributed by atoms with Gasteiger partial charge in [0.1, 0.15) is 0 Å². The lowest BCUT2D eigenvalue weighted by molar-refractivity contribution is 0.289. The van der Waals surface area contributed by atoms with E-state index in [-0.39, 0.29) is 18.0 Å². The number of aliphatic hydroxyl groups excluding tert-OH is 1. The van der Waals surface area contributed by atoms with Gasteiger partial charge in [-0.25, -0.2) is 13.1 Å². The Hall–Kier alpha value is 0.0500. The Kier molecular flexibility index (Phi) is 5.59. The number of aliphatic hydroxyl groups is 1. The zero-order chi connectivity index (χ0) is 13.1. The van der Waals surface area contributed by atoms with E-state index < -0.39 is 10.0 Å². The van der Waals surface area contributed by atoms with Crippen molar-refractivity contribution in [3.05, 3.63) is 26.6 Å². The van der Waals surface area contributed by atoms with E-state index in [9.17, 15) is 8.42 Å². The van der Waals surface area contributed by atoms with Gasteiger partial charge >= 0.3 is 0 Å². The van der Waals surface area contributed by atoms with Gasteiger partial charge in [-0.3, -0.25) is 0 Å². The molecular weight excluding hydrogens is 374 g/mol. The van der Waals surface area contributed by atoms with Gasteiger partial charge in [0.05, 0.1) is 4.90 Å². The third-order valence-corrected chi connectivity index (χ3v) is 5.40. The van der Waals surface area contributed by atoms with Crippen LogP contribution in [0, 0.1) is 6.92 Å². The van der Waals surface area contributed by atoms with Crippen molar-refractivity contribution in [3.63, 3.8) is 0 Å². The van der Waals surface area contributed by atoms with E-state index in [1.807, 2.05) is 6.92 Å². The van der Waals surface area contributed by atoms with Crippen LogP contribution in [0.2, 0.25) is 0 Å². The standard InChI is InChI=1S/C10H13Br2NO3S/c1-7-5-10(9(12)6-8(7)11)17(15,16)13-3-2-4-14/h5-6,13-14H,2-4H2,1H3. The van der Waals surface area contributed by atoms with Crippen molar-refractivity contribution in [1.29, 1.82) is 0 Å². The normalized spacial score (nSPS) is 11.8. The summed E-state index contributed by atoms with van der Waals surface area (Å²) < 4.78 is 27.7. The van der Waals surface area contributed by atoms with Crippen LogP contribution in [-0.4, -0.2) is 26.7 Å². The zero-order valence-electron chi connectivity index (χ0n) is 9.20. The summed E-state index contributed by atoms with van der Waals surface area (Å²) in [4.78, 5) is 0.205. The van der Waals surface area contributed by atoms with Crippen molar-refractivity contribution in [1.82, 2.24) is 4.72 Å². The fourth-order valence-electron chi connectivity index (χ4n) is 1.20. The molecule has 4 nitrogen and oxygen atoms in total. The first-order valence-electron chi connectivity index (χ1n) is 4.94. The van der Waals surface area contributed by atoms with Crippen molar-refractivity contribution in [2.75, 3.05) is 13.2 Å². The Labute approximate surface area is 118 Å². The lowest BCUT2D eigenvalue weighted by Gasteiger charge is -2.10. The SMILES string of the molecule is Cc1cc(S(=O)(=O)NCCCO)c(Br)cc1Br. The molecule has 17 heavy (non-hydrogen) atoms. The average Bonchev–Trinajstić information content (AvgIpc) is 2.23. The number of rotatable bonds is 5. The minimum atomic E-state index is -3.53. The second-order valence-corrected chi connectivity index (χ2v) is 6.95. The number of nitrogens with one attached hydrogen (secondary N) is 1. The summed E-state index contributed by atoms with van der Waals surface area (Å²) in [5.41, 5.74) is 0.843. The third kappa shape index (κ3) is 4.03. The van der Waals surface area contributed by atoms with Gasteiger partial charge in [0.15, 0.2) is 0 Å². The van der Waals surface area contributed by atoms with Crippen LogP contribution in [0.15, 0.2) is 26.0 Å². The van der Waals surface area contributed by atoms with E-state index in [1.54, 1.807) is 12.1 Å². The molecule has 0 radical (unpaired) electrons. The second-order valence-electron chi connectivity index (χ2n) is 3.51. The van der Waals surface area contributed by atoms with Crippen LogP contribution in [0.25, 0.3) is 0 Å². The van der Waals surface area contributed by atoms with Gasteiger partial charge in [0, 0.05) is 22.1 Å². The highest BCUT2D eigenvalue weighted by Crippen LogP contribution is 2.28. The number of benzene rings is 1. The van der Waals surface area contributed by atoms with E-state index in [4.69, 9.17) is 5.11 Å². The summed E-state index contributed by atoms with van der Waals surface area (Å²) >= 11 is 6.56. The molecule has 0 saturated heterocycles. The van der Waals surface area contributed by atoms with Crippen LogP contribution in [0.5, 0.6) is 0 Å². The van der Waals surface area contributed by atoms with Gasteiger partial charge < -0.3 is 5.11 Å². The number of hydrogen-bond donors (Lipinski definition) is 2. The highest BCUT2D eigenvalue weighted by atomic mass is 79.9. The average molecular weight is 387 g/mol. The largest absolute Gasteiger partial charge is 0.396 e. The summed E-state index contributed by atoms with van der Waals surface area (Å²) in [6.07, 6.45) is 0.395. The van der Waals surface area contributed by atoms with E-state index in [2.05, 4.69) is 36.6 Å². The number of aryl methyl sites for hydroxylation is 1. The smallest absolute Gasteiger partial charge is 0.241 e. The Balaban J connectivity index is 3.03. The van der Waals surface area contributed by atoms with Crippen LogP contribution in [0.3, 0.4) is 0 Å². The zero-order valence-corrected chi connectivity index (χ0v) is 13.2. The number of halogens is 2. The first kappa shape index (κ1) is 15.1. The Morgan fingerprint density at radius 2 is 1.94 bits per heavy atom. The molecule has 0 heterocycles. The molecule has 0 aliphatic heterocycles. The topological polar surface area (TPSA) is 66.4 Å². The molecule has 0 aliphatic rings. The first-order chi connectivity index (χ1) is 7.88. The molecule has 1 aromatic carbocycles. The molecule has 0 spiro atoms. The molecule has 1 rings (SSSR count). The van der Waals surface area contributed by atoms with Crippen LogP contribution >= 0.6 is 31.9 Å². The van der Waals surface area contributed by atoms with E-state index >= 15 is 0 Å². The molecule has 0 bridgehead atoms. The maximum absolute atomic E-state index is 12.0. The highest BCUT2D eigenvalue weighted by Gasteiger charge is 2.18. The van der Waals surface area contributed by atoms with Crippen molar-refractivity contribution in [3.8, 4) is 0 Å². The van der Waals surface area contributed by atoms with E-state index in [0.717, 1.165) is 10.0 Å². The van der Waals surface area contributed by atoms with Crippen LogP contribution in [0.1, 0.15) is 12.0 Å². The van der Waals surface area contributed by atoms with Crippen LogP contribution in [-0.2, 0) is 10.0 Å². The summed E-state index contributed by atoms with van der Waals surface area (Å²) in [6.45, 7) is 2.01. The molecular formula is C10H13Br2NO3S. The Bertz CT molecular complexity index is 503. The third-order valence-electron chi connectivity index (χ3n) is 2.13. The van der Waals surface area contributed by atoms with Gasteiger partial charge in [0.2, 0.25) is 10.0 Å². The summed E-state index contributed by atoms with van der Waals surface area (Å²) in [5, 5.41) is 8.62.